The van der Waals surface area contributed by atoms with E-state index in [9.17, 15) is 10.1 Å². The van der Waals surface area contributed by atoms with Gasteiger partial charge < -0.3 is 24.8 Å². The fraction of sp³-hybridized carbons (Fsp3) is 0.562. The summed E-state index contributed by atoms with van der Waals surface area (Å²) in [6.45, 7) is 14.0. The number of hydrogen-bond donors (Lipinski definition) is 1. The Morgan fingerprint density at radius 3 is 2.80 bits per heavy atom. The lowest BCUT2D eigenvalue weighted by Crippen LogP contribution is -2.58. The summed E-state index contributed by atoms with van der Waals surface area (Å²) in [5.74, 6) is 1.33. The van der Waals surface area contributed by atoms with Gasteiger partial charge in [0.2, 0.25) is 17.6 Å². The number of aryl methyl sites for hydroxylation is 1. The van der Waals surface area contributed by atoms with E-state index >= 15 is 0 Å². The van der Waals surface area contributed by atoms with Crippen LogP contribution in [0, 0.1) is 11.3 Å². The Bertz CT molecular complexity index is 1650. The molecule has 2 aliphatic heterocycles. The van der Waals surface area contributed by atoms with Crippen molar-refractivity contribution >= 4 is 28.1 Å². The number of thiophene rings is 1. The summed E-state index contributed by atoms with van der Waals surface area (Å²) in [5.41, 5.74) is 7.47. The molecule has 13 heteroatoms. The van der Waals surface area contributed by atoms with Crippen molar-refractivity contribution in [3.05, 3.63) is 40.6 Å². The Hall–Kier alpha value is -4.02. The minimum absolute atomic E-state index is 0.0204. The van der Waals surface area contributed by atoms with Gasteiger partial charge in [-0.05, 0) is 79.5 Å². The number of ether oxygens (including phenoxy) is 1. The van der Waals surface area contributed by atoms with Gasteiger partial charge in [0.15, 0.2) is 0 Å². The van der Waals surface area contributed by atoms with E-state index in [1.807, 2.05) is 24.8 Å². The molecule has 5 heterocycles. The number of nitrogens with two attached hydrogens (primary N) is 1. The van der Waals surface area contributed by atoms with Crippen LogP contribution in [0.1, 0.15) is 75.3 Å². The van der Waals surface area contributed by atoms with Gasteiger partial charge in [0.1, 0.15) is 28.7 Å². The molecular weight excluding hydrogens is 590 g/mol. The molecule has 3 aliphatic rings. The second-order valence-electron chi connectivity index (χ2n) is 12.8. The van der Waals surface area contributed by atoms with Crippen LogP contribution in [-0.4, -0.2) is 86.7 Å². The predicted molar refractivity (Wildman–Crippen MR) is 172 cm³/mol. The molecule has 1 aliphatic carbocycles. The molecule has 1 amide bonds. The predicted octanol–water partition coefficient (Wildman–Crippen LogP) is 4.16. The molecule has 238 valence electrons. The molecule has 0 radical (unpaired) electrons. The highest BCUT2D eigenvalue weighted by Crippen LogP contribution is 2.48. The van der Waals surface area contributed by atoms with Gasteiger partial charge in [0, 0.05) is 47.7 Å². The molecule has 2 N–H and O–H groups in total. The van der Waals surface area contributed by atoms with E-state index in [1.165, 1.54) is 17.4 Å². The molecule has 2 saturated heterocycles. The smallest absolute Gasteiger partial charge is 0.319 e. The number of hydrogen-bond acceptors (Lipinski definition) is 12. The normalized spacial score (nSPS) is 25.9. The maximum Gasteiger partial charge on any atom is 0.319 e. The first-order valence-corrected chi connectivity index (χ1v) is 16.5. The van der Waals surface area contributed by atoms with Gasteiger partial charge in [-0.1, -0.05) is 11.7 Å². The third-order valence-electron chi connectivity index (χ3n) is 9.72. The fourth-order valence-electron chi connectivity index (χ4n) is 7.23. The van der Waals surface area contributed by atoms with E-state index in [4.69, 9.17) is 29.9 Å². The molecule has 0 aromatic carbocycles. The Kier molecular flexibility index (Phi) is 8.30. The molecule has 0 bridgehead atoms. The number of aromatic nitrogens is 4. The van der Waals surface area contributed by atoms with Crippen LogP contribution in [0.25, 0.3) is 11.5 Å². The summed E-state index contributed by atoms with van der Waals surface area (Å²) >= 11 is 1.47. The first-order valence-electron chi connectivity index (χ1n) is 15.7. The molecule has 5 atom stereocenters. The molecular formula is C32H41N9O3S. The Labute approximate surface area is 267 Å². The van der Waals surface area contributed by atoms with Crippen molar-refractivity contribution in [2.45, 2.75) is 89.4 Å². The number of nitrogens with zero attached hydrogens (tertiary/aromatic N) is 8. The number of likely N-dealkylation sites (N-methyl/N-ethyl adjacent to an activating group) is 1. The van der Waals surface area contributed by atoms with Crippen LogP contribution in [0.3, 0.4) is 0 Å². The second kappa shape index (κ2) is 12.1. The average Bonchev–Trinajstić information content (AvgIpc) is 3.76. The number of nitriles is 1. The molecule has 0 unspecified atom stereocenters. The number of rotatable bonds is 7. The van der Waals surface area contributed by atoms with Crippen LogP contribution in [0.2, 0.25) is 0 Å². The highest BCUT2D eigenvalue weighted by Gasteiger charge is 2.43. The summed E-state index contributed by atoms with van der Waals surface area (Å²) in [6, 6.07) is 4.60. The number of amides is 1. The maximum atomic E-state index is 12.5. The number of fused-ring (bicyclic) bond motifs is 1. The zero-order chi connectivity index (χ0) is 32.0. The highest BCUT2D eigenvalue weighted by molar-refractivity contribution is 7.16. The van der Waals surface area contributed by atoms with Gasteiger partial charge in [-0.25, -0.2) is 0 Å². The molecule has 3 aromatic rings. The second-order valence-corrected chi connectivity index (χ2v) is 13.9. The van der Waals surface area contributed by atoms with Crippen molar-refractivity contribution in [1.82, 2.24) is 29.9 Å². The first kappa shape index (κ1) is 31.0. The summed E-state index contributed by atoms with van der Waals surface area (Å²) in [4.78, 5) is 34.5. The summed E-state index contributed by atoms with van der Waals surface area (Å²) in [7, 11) is 2.12. The minimum Gasteiger partial charge on any atom is -0.459 e. The number of nitrogen functional groups attached to an aromatic ring is 1. The number of likely N-dealkylation sites (tertiary alicyclic amines) is 1. The van der Waals surface area contributed by atoms with Crippen molar-refractivity contribution in [3.63, 3.8) is 0 Å². The Balaban J connectivity index is 1.37. The van der Waals surface area contributed by atoms with Gasteiger partial charge in [-0.15, -0.1) is 11.3 Å². The van der Waals surface area contributed by atoms with Gasteiger partial charge in [-0.2, -0.15) is 20.2 Å². The standard InChI is InChI=1S/C32H41N9O3S/c1-7-26(42)41-17-18(2)40(16-19(41)3)25-14-22(35-31(36-25)43-20(4)23-10-9-13-39(23)6)29-37-30(44-38-29)32(5)12-8-11-24-27(32)21(15-33)28(34)45-24/h7,14,18-20,23H,1,8-13,16-17,34H2,2-6H3/t18-,19+,20-,23-,32-/m0/s1. The topological polar surface area (TPSA) is 151 Å². The molecule has 0 saturated carbocycles. The van der Waals surface area contributed by atoms with Crippen LogP contribution in [0.5, 0.6) is 6.01 Å². The zero-order valence-corrected chi connectivity index (χ0v) is 27.4. The third-order valence-corrected chi connectivity index (χ3v) is 10.8. The van der Waals surface area contributed by atoms with E-state index in [1.54, 1.807) is 0 Å². The van der Waals surface area contributed by atoms with E-state index < -0.39 is 5.41 Å². The minimum atomic E-state index is -0.646. The fourth-order valence-corrected chi connectivity index (χ4v) is 8.42. The van der Waals surface area contributed by atoms with E-state index in [2.05, 4.69) is 48.5 Å². The van der Waals surface area contributed by atoms with Crippen molar-refractivity contribution in [2.75, 3.05) is 37.3 Å². The number of piperazine rings is 1. The highest BCUT2D eigenvalue weighted by atomic mass is 32.1. The number of carbonyl (C=O) groups excluding carboxylic acids is 1. The molecule has 6 rings (SSSR count). The quantitative estimate of drug-likeness (QED) is 0.375. The Morgan fingerprint density at radius 2 is 2.09 bits per heavy atom. The first-order chi connectivity index (χ1) is 21.5. The summed E-state index contributed by atoms with van der Waals surface area (Å²) in [5, 5.41) is 14.8. The zero-order valence-electron chi connectivity index (χ0n) is 26.6. The van der Waals surface area contributed by atoms with Crippen LogP contribution in [0.4, 0.5) is 10.8 Å². The van der Waals surface area contributed by atoms with Crippen LogP contribution in [-0.2, 0) is 16.6 Å². The number of anilines is 2. The molecule has 45 heavy (non-hydrogen) atoms. The lowest BCUT2D eigenvalue weighted by Gasteiger charge is -2.44. The van der Waals surface area contributed by atoms with Gasteiger partial charge in [-0.3, -0.25) is 9.69 Å². The van der Waals surface area contributed by atoms with Gasteiger partial charge in [0.25, 0.3) is 0 Å². The lowest BCUT2D eigenvalue weighted by atomic mass is 9.72. The lowest BCUT2D eigenvalue weighted by molar-refractivity contribution is -0.128. The van der Waals surface area contributed by atoms with Crippen LogP contribution >= 0.6 is 11.3 Å². The monoisotopic (exact) mass is 631 g/mol. The van der Waals surface area contributed by atoms with E-state index in [0.29, 0.717) is 46.9 Å². The third kappa shape index (κ3) is 5.55. The van der Waals surface area contributed by atoms with Crippen LogP contribution in [0.15, 0.2) is 23.2 Å². The van der Waals surface area contributed by atoms with Crippen molar-refractivity contribution in [1.29, 1.82) is 5.26 Å². The van der Waals surface area contributed by atoms with Gasteiger partial charge >= 0.3 is 6.01 Å². The molecule has 3 aromatic heterocycles. The van der Waals surface area contributed by atoms with Gasteiger partial charge in [0.05, 0.1) is 11.0 Å². The van der Waals surface area contributed by atoms with Crippen molar-refractivity contribution in [3.8, 4) is 23.6 Å². The van der Waals surface area contributed by atoms with Crippen LogP contribution < -0.4 is 15.4 Å². The summed E-state index contributed by atoms with van der Waals surface area (Å²) in [6.07, 6.45) is 5.95. The maximum absolute atomic E-state index is 12.5. The largest absolute Gasteiger partial charge is 0.459 e. The van der Waals surface area contributed by atoms with E-state index in [-0.39, 0.29) is 36.1 Å². The SMILES string of the molecule is C=CC(=O)N1C[C@H](C)N(c2cc(-c3noc([C@@]4(C)CCCc5sc(N)c(C#N)c54)n3)nc(O[C@@H](C)[C@@H]3CCCN3C)n2)C[C@H]1C. The average molecular weight is 632 g/mol. The van der Waals surface area contributed by atoms with Crippen molar-refractivity contribution in [2.24, 2.45) is 0 Å². The molecule has 12 nitrogen and oxygen atoms in total. The molecule has 2 fully saturated rings. The summed E-state index contributed by atoms with van der Waals surface area (Å²) < 4.78 is 12.4. The molecule has 0 spiro atoms. The van der Waals surface area contributed by atoms with Crippen molar-refractivity contribution < 1.29 is 14.1 Å². The van der Waals surface area contributed by atoms with E-state index in [0.717, 1.165) is 49.1 Å². The Morgan fingerprint density at radius 1 is 1.29 bits per heavy atom. The number of carbonyl (C=O) groups is 1.